The minimum Gasteiger partial charge on any atom is -0.453 e. The molecule has 1 saturated heterocycles. The zero-order valence-electron chi connectivity index (χ0n) is 9.46. The van der Waals surface area contributed by atoms with Gasteiger partial charge in [0.05, 0.1) is 12.6 Å². The average molecular weight is 255 g/mol. The first-order valence-corrected chi connectivity index (χ1v) is 6.17. The zero-order chi connectivity index (χ0) is 12.3. The van der Waals surface area contributed by atoms with Gasteiger partial charge in [-0.05, 0) is 0 Å². The van der Waals surface area contributed by atoms with E-state index < -0.39 is 0 Å². The van der Waals surface area contributed by atoms with Gasteiger partial charge in [0.25, 0.3) is 5.91 Å². The lowest BCUT2D eigenvalue weighted by Crippen LogP contribution is -2.50. The molecule has 2 amide bonds. The van der Waals surface area contributed by atoms with Crippen molar-refractivity contribution in [1.29, 1.82) is 0 Å². The minimum absolute atomic E-state index is 0.0734. The Morgan fingerprint density at radius 3 is 2.47 bits per heavy atom. The van der Waals surface area contributed by atoms with Gasteiger partial charge < -0.3 is 14.5 Å². The molecule has 2 rings (SSSR count). The third-order valence-corrected chi connectivity index (χ3v) is 3.24. The number of nitrogens with zero attached hydrogens (tertiary/aromatic N) is 3. The second kappa shape index (κ2) is 5.13. The van der Waals surface area contributed by atoms with Crippen molar-refractivity contribution >= 4 is 23.3 Å². The zero-order valence-corrected chi connectivity index (χ0v) is 10.3. The van der Waals surface area contributed by atoms with E-state index in [1.165, 1.54) is 18.4 Å². The summed E-state index contributed by atoms with van der Waals surface area (Å²) in [6, 6.07) is 0. The van der Waals surface area contributed by atoms with Gasteiger partial charge in [-0.1, -0.05) is 0 Å². The Morgan fingerprint density at radius 1 is 1.29 bits per heavy atom. The number of ether oxygens (including phenoxy) is 1. The van der Waals surface area contributed by atoms with Crippen LogP contribution in [0, 0.1) is 0 Å². The molecule has 0 unspecified atom stereocenters. The summed E-state index contributed by atoms with van der Waals surface area (Å²) < 4.78 is 4.63. The number of hydrogen-bond acceptors (Lipinski definition) is 5. The molecule has 0 atom stereocenters. The van der Waals surface area contributed by atoms with Crippen LogP contribution in [0.2, 0.25) is 0 Å². The van der Waals surface area contributed by atoms with Gasteiger partial charge in [0, 0.05) is 31.6 Å². The van der Waals surface area contributed by atoms with Gasteiger partial charge in [-0.15, -0.1) is 11.3 Å². The van der Waals surface area contributed by atoms with Gasteiger partial charge in [-0.2, -0.15) is 0 Å². The maximum absolute atomic E-state index is 11.9. The topological polar surface area (TPSA) is 62.7 Å². The monoisotopic (exact) mass is 255 g/mol. The lowest BCUT2D eigenvalue weighted by Gasteiger charge is -2.33. The first kappa shape index (κ1) is 11.8. The van der Waals surface area contributed by atoms with Crippen LogP contribution in [0.5, 0.6) is 0 Å². The number of carbonyl (C=O) groups is 2. The Balaban J connectivity index is 1.91. The molecule has 0 N–H and O–H groups in total. The summed E-state index contributed by atoms with van der Waals surface area (Å²) in [5, 5.41) is 1.73. The number of amides is 2. The lowest BCUT2D eigenvalue weighted by molar-refractivity contribution is 0.0595. The third-order valence-electron chi connectivity index (χ3n) is 2.65. The molecule has 1 fully saturated rings. The SMILES string of the molecule is COC(=O)N1CCN(C(=O)c2cscn2)CC1. The average Bonchev–Trinajstić information content (AvgIpc) is 2.91. The molecule has 6 nitrogen and oxygen atoms in total. The Labute approximate surface area is 103 Å². The van der Waals surface area contributed by atoms with E-state index in [-0.39, 0.29) is 12.0 Å². The highest BCUT2D eigenvalue weighted by Crippen LogP contribution is 2.09. The van der Waals surface area contributed by atoms with Crippen LogP contribution in [0.15, 0.2) is 10.9 Å². The fraction of sp³-hybridized carbons (Fsp3) is 0.500. The standard InChI is InChI=1S/C10H13N3O3S/c1-16-10(15)13-4-2-12(3-5-13)9(14)8-6-17-7-11-8/h6-7H,2-5H2,1H3. The van der Waals surface area contributed by atoms with Crippen molar-refractivity contribution in [1.82, 2.24) is 14.8 Å². The number of aromatic nitrogens is 1. The fourth-order valence-corrected chi connectivity index (χ4v) is 2.23. The van der Waals surface area contributed by atoms with Crippen LogP contribution in [0.25, 0.3) is 0 Å². The number of hydrogen-bond donors (Lipinski definition) is 0. The van der Waals surface area contributed by atoms with Crippen LogP contribution in [-0.2, 0) is 4.74 Å². The van der Waals surface area contributed by atoms with Crippen LogP contribution in [0.3, 0.4) is 0 Å². The van der Waals surface area contributed by atoms with E-state index in [1.54, 1.807) is 20.7 Å². The van der Waals surface area contributed by atoms with Crippen molar-refractivity contribution in [2.75, 3.05) is 33.3 Å². The van der Waals surface area contributed by atoms with E-state index in [0.717, 1.165) is 0 Å². The fourth-order valence-electron chi connectivity index (χ4n) is 1.70. The molecule has 1 aliphatic heterocycles. The molecule has 0 radical (unpaired) electrons. The maximum Gasteiger partial charge on any atom is 0.409 e. The predicted octanol–water partition coefficient (Wildman–Crippen LogP) is 0.667. The van der Waals surface area contributed by atoms with E-state index in [9.17, 15) is 9.59 Å². The normalized spacial score (nSPS) is 15.8. The van der Waals surface area contributed by atoms with Crippen LogP contribution in [0.1, 0.15) is 10.5 Å². The van der Waals surface area contributed by atoms with E-state index in [1.807, 2.05) is 0 Å². The van der Waals surface area contributed by atoms with E-state index in [4.69, 9.17) is 0 Å². The molecule has 0 aromatic carbocycles. The highest BCUT2D eigenvalue weighted by molar-refractivity contribution is 7.07. The lowest BCUT2D eigenvalue weighted by atomic mass is 10.3. The summed E-state index contributed by atoms with van der Waals surface area (Å²) in [4.78, 5) is 30.5. The summed E-state index contributed by atoms with van der Waals surface area (Å²) in [5.74, 6) is -0.0734. The first-order chi connectivity index (χ1) is 8.22. The van der Waals surface area contributed by atoms with Crippen LogP contribution in [0.4, 0.5) is 4.79 Å². The van der Waals surface area contributed by atoms with Crippen molar-refractivity contribution < 1.29 is 14.3 Å². The van der Waals surface area contributed by atoms with Crippen molar-refractivity contribution in [3.05, 3.63) is 16.6 Å². The smallest absolute Gasteiger partial charge is 0.409 e. The molecule has 92 valence electrons. The number of thiazole rings is 1. The van der Waals surface area contributed by atoms with Gasteiger partial charge in [0.2, 0.25) is 0 Å². The van der Waals surface area contributed by atoms with Gasteiger partial charge in [-0.25, -0.2) is 9.78 Å². The Bertz CT molecular complexity index is 399. The molecule has 0 spiro atoms. The Morgan fingerprint density at radius 2 is 1.94 bits per heavy atom. The molecule has 1 aliphatic rings. The highest BCUT2D eigenvalue weighted by atomic mass is 32.1. The van der Waals surface area contributed by atoms with E-state index in [2.05, 4.69) is 9.72 Å². The second-order valence-corrected chi connectivity index (χ2v) is 4.34. The maximum atomic E-state index is 11.9. The quantitative estimate of drug-likeness (QED) is 0.740. The van der Waals surface area contributed by atoms with Crippen molar-refractivity contribution in [2.45, 2.75) is 0 Å². The van der Waals surface area contributed by atoms with Crippen molar-refractivity contribution in [3.8, 4) is 0 Å². The summed E-state index contributed by atoms with van der Waals surface area (Å²) in [6.07, 6.45) is -0.342. The Hall–Kier alpha value is -1.63. The summed E-state index contributed by atoms with van der Waals surface area (Å²) in [7, 11) is 1.36. The first-order valence-electron chi connectivity index (χ1n) is 5.22. The predicted molar refractivity (Wildman–Crippen MR) is 62.0 cm³/mol. The molecular weight excluding hydrogens is 242 g/mol. The van der Waals surface area contributed by atoms with Crippen LogP contribution >= 0.6 is 11.3 Å². The summed E-state index contributed by atoms with van der Waals surface area (Å²) in [6.45, 7) is 2.04. The minimum atomic E-state index is -0.342. The van der Waals surface area contributed by atoms with Gasteiger partial charge in [0.15, 0.2) is 0 Å². The van der Waals surface area contributed by atoms with Crippen LogP contribution < -0.4 is 0 Å². The Kier molecular flexibility index (Phi) is 3.58. The number of piperazine rings is 1. The van der Waals surface area contributed by atoms with Gasteiger partial charge >= 0.3 is 6.09 Å². The molecule has 0 bridgehead atoms. The van der Waals surface area contributed by atoms with Gasteiger partial charge in [-0.3, -0.25) is 4.79 Å². The largest absolute Gasteiger partial charge is 0.453 e. The number of rotatable bonds is 1. The van der Waals surface area contributed by atoms with Gasteiger partial charge in [0.1, 0.15) is 5.69 Å². The van der Waals surface area contributed by atoms with Crippen molar-refractivity contribution in [3.63, 3.8) is 0 Å². The number of methoxy groups -OCH3 is 1. The molecular formula is C10H13N3O3S. The molecule has 1 aromatic rings. The van der Waals surface area contributed by atoms with E-state index >= 15 is 0 Å². The molecule has 2 heterocycles. The summed E-state index contributed by atoms with van der Waals surface area (Å²) in [5.41, 5.74) is 2.11. The number of carbonyl (C=O) groups excluding carboxylic acids is 2. The molecule has 1 aromatic heterocycles. The highest BCUT2D eigenvalue weighted by Gasteiger charge is 2.25. The molecule has 0 aliphatic carbocycles. The van der Waals surface area contributed by atoms with Crippen LogP contribution in [-0.4, -0.2) is 60.1 Å². The molecule has 7 heteroatoms. The third kappa shape index (κ3) is 2.55. The molecule has 0 saturated carbocycles. The molecule has 17 heavy (non-hydrogen) atoms. The van der Waals surface area contributed by atoms with Crippen molar-refractivity contribution in [2.24, 2.45) is 0 Å². The summed E-state index contributed by atoms with van der Waals surface area (Å²) >= 11 is 1.40. The second-order valence-electron chi connectivity index (χ2n) is 3.62. The van der Waals surface area contributed by atoms with E-state index in [0.29, 0.717) is 31.9 Å².